The number of carbonyl (C=O) groups excluding carboxylic acids is 1. The van der Waals surface area contributed by atoms with Gasteiger partial charge in [0, 0.05) is 17.2 Å². The van der Waals surface area contributed by atoms with Gasteiger partial charge in [0.15, 0.2) is 0 Å². The number of nitrogens with zero attached hydrogens (tertiary/aromatic N) is 2. The van der Waals surface area contributed by atoms with Gasteiger partial charge in [-0.1, -0.05) is 64.5 Å². The first-order valence-corrected chi connectivity index (χ1v) is 10.2. The van der Waals surface area contributed by atoms with Crippen LogP contribution in [-0.4, -0.2) is 22.5 Å². The maximum absolute atomic E-state index is 12.6. The Balaban J connectivity index is 1.47. The first-order valence-electron chi connectivity index (χ1n) is 8.61. The van der Waals surface area contributed by atoms with Gasteiger partial charge in [-0.3, -0.25) is 4.90 Å². The molecule has 6 heteroatoms. The van der Waals surface area contributed by atoms with E-state index in [4.69, 9.17) is 4.74 Å². The van der Waals surface area contributed by atoms with Crippen LogP contribution in [0, 0.1) is 0 Å². The van der Waals surface area contributed by atoms with E-state index in [2.05, 4.69) is 33.0 Å². The lowest BCUT2D eigenvalue weighted by Gasteiger charge is -2.18. The number of carbonyl (C=O) groups is 1. The van der Waals surface area contributed by atoms with E-state index in [0.29, 0.717) is 6.54 Å². The van der Waals surface area contributed by atoms with Crippen molar-refractivity contribution in [3.63, 3.8) is 0 Å². The highest BCUT2D eigenvalue weighted by Gasteiger charge is 2.26. The third kappa shape index (κ3) is 4.12. The summed E-state index contributed by atoms with van der Waals surface area (Å²) in [7, 11) is 0. The molecule has 4 rings (SSSR count). The van der Waals surface area contributed by atoms with Crippen LogP contribution in [0.25, 0.3) is 16.1 Å². The molecule has 4 nitrogen and oxygen atoms in total. The molecule has 136 valence electrons. The Morgan fingerprint density at radius 1 is 1.15 bits per heavy atom. The van der Waals surface area contributed by atoms with E-state index in [9.17, 15) is 4.79 Å². The number of hydrogen-bond donors (Lipinski definition) is 0. The number of thiazole rings is 1. The molecule has 27 heavy (non-hydrogen) atoms. The van der Waals surface area contributed by atoms with E-state index in [1.807, 2.05) is 54.7 Å². The molecular weight excluding hydrogens is 424 g/mol. The molecule has 2 heterocycles. The van der Waals surface area contributed by atoms with E-state index in [0.717, 1.165) is 37.6 Å². The van der Waals surface area contributed by atoms with Crippen LogP contribution in [0.3, 0.4) is 0 Å². The van der Waals surface area contributed by atoms with Gasteiger partial charge in [-0.2, -0.15) is 0 Å². The highest BCUT2D eigenvalue weighted by molar-refractivity contribution is 9.10. The SMILES string of the molecule is O=C(OCc1ccccc1)N1CCC=C1c1ncc(-c2ccc(Br)cc2)s1. The summed E-state index contributed by atoms with van der Waals surface area (Å²) < 4.78 is 6.53. The smallest absolute Gasteiger partial charge is 0.414 e. The van der Waals surface area contributed by atoms with E-state index in [-0.39, 0.29) is 12.7 Å². The molecule has 1 amide bonds. The number of rotatable bonds is 4. The van der Waals surface area contributed by atoms with Gasteiger partial charge in [-0.05, 0) is 29.7 Å². The van der Waals surface area contributed by atoms with Crippen LogP contribution in [-0.2, 0) is 11.3 Å². The second kappa shape index (κ2) is 8.06. The molecule has 0 bridgehead atoms. The third-order valence-electron chi connectivity index (χ3n) is 4.26. The predicted molar refractivity (Wildman–Crippen MR) is 111 cm³/mol. The number of ether oxygens (including phenoxy) is 1. The van der Waals surface area contributed by atoms with Gasteiger partial charge in [-0.15, -0.1) is 11.3 Å². The van der Waals surface area contributed by atoms with Crippen molar-refractivity contribution >= 4 is 39.1 Å². The first kappa shape index (κ1) is 17.9. The Hall–Kier alpha value is -2.44. The van der Waals surface area contributed by atoms with Crippen molar-refractivity contribution in [1.29, 1.82) is 0 Å². The predicted octanol–water partition coefficient (Wildman–Crippen LogP) is 5.96. The molecule has 0 saturated carbocycles. The molecule has 1 aliphatic rings. The number of benzene rings is 2. The van der Waals surface area contributed by atoms with E-state index >= 15 is 0 Å². The zero-order valence-corrected chi connectivity index (χ0v) is 16.9. The summed E-state index contributed by atoms with van der Waals surface area (Å²) >= 11 is 5.03. The van der Waals surface area contributed by atoms with Crippen molar-refractivity contribution in [1.82, 2.24) is 9.88 Å². The van der Waals surface area contributed by atoms with Crippen molar-refractivity contribution in [3.05, 3.63) is 81.9 Å². The monoisotopic (exact) mass is 440 g/mol. The molecule has 0 fully saturated rings. The van der Waals surface area contributed by atoms with E-state index in [1.54, 1.807) is 16.2 Å². The minimum absolute atomic E-state index is 0.269. The average Bonchev–Trinajstić information content (AvgIpc) is 3.37. The maximum Gasteiger partial charge on any atom is 0.414 e. The molecular formula is C21H17BrN2O2S. The largest absolute Gasteiger partial charge is 0.444 e. The van der Waals surface area contributed by atoms with Crippen molar-refractivity contribution in [2.24, 2.45) is 0 Å². The van der Waals surface area contributed by atoms with Gasteiger partial charge >= 0.3 is 6.09 Å². The van der Waals surface area contributed by atoms with Crippen LogP contribution in [0.5, 0.6) is 0 Å². The lowest BCUT2D eigenvalue weighted by molar-refractivity contribution is 0.115. The summed E-state index contributed by atoms with van der Waals surface area (Å²) in [4.78, 5) is 19.8. The molecule has 0 atom stereocenters. The zero-order valence-electron chi connectivity index (χ0n) is 14.5. The molecule has 1 aliphatic heterocycles. The summed E-state index contributed by atoms with van der Waals surface area (Å²) in [6, 6.07) is 17.8. The summed E-state index contributed by atoms with van der Waals surface area (Å²) in [5.41, 5.74) is 2.92. The lowest BCUT2D eigenvalue weighted by atomic mass is 10.2. The van der Waals surface area contributed by atoms with E-state index in [1.165, 1.54) is 0 Å². The number of hydrogen-bond acceptors (Lipinski definition) is 4. The van der Waals surface area contributed by atoms with Crippen LogP contribution in [0.4, 0.5) is 4.79 Å². The number of aromatic nitrogens is 1. The van der Waals surface area contributed by atoms with Crippen LogP contribution < -0.4 is 0 Å². The van der Waals surface area contributed by atoms with Crippen molar-refractivity contribution < 1.29 is 9.53 Å². The van der Waals surface area contributed by atoms with Crippen LogP contribution in [0.1, 0.15) is 17.0 Å². The Morgan fingerprint density at radius 3 is 2.70 bits per heavy atom. The second-order valence-electron chi connectivity index (χ2n) is 6.11. The normalized spacial score (nSPS) is 13.5. The van der Waals surface area contributed by atoms with Crippen LogP contribution >= 0.6 is 27.3 Å². The topological polar surface area (TPSA) is 42.4 Å². The van der Waals surface area contributed by atoms with Crippen LogP contribution in [0.2, 0.25) is 0 Å². The maximum atomic E-state index is 12.6. The third-order valence-corrected chi connectivity index (χ3v) is 5.86. The second-order valence-corrected chi connectivity index (χ2v) is 8.05. The minimum Gasteiger partial charge on any atom is -0.444 e. The Labute approximate surface area is 170 Å². The molecule has 0 saturated heterocycles. The fourth-order valence-corrected chi connectivity index (χ4v) is 4.13. The quantitative estimate of drug-likeness (QED) is 0.502. The molecule has 0 unspecified atom stereocenters. The Kier molecular flexibility index (Phi) is 5.36. The van der Waals surface area contributed by atoms with Crippen molar-refractivity contribution in [2.75, 3.05) is 6.54 Å². The number of amides is 1. The van der Waals surface area contributed by atoms with Gasteiger partial charge in [0.05, 0.1) is 10.6 Å². The summed E-state index contributed by atoms with van der Waals surface area (Å²) in [6.07, 6.45) is 4.38. The number of halogens is 1. The van der Waals surface area contributed by atoms with Crippen molar-refractivity contribution in [2.45, 2.75) is 13.0 Å². The van der Waals surface area contributed by atoms with E-state index < -0.39 is 0 Å². The van der Waals surface area contributed by atoms with Crippen LogP contribution in [0.15, 0.2) is 71.3 Å². The molecule has 0 aliphatic carbocycles. The van der Waals surface area contributed by atoms with Gasteiger partial charge in [0.1, 0.15) is 11.6 Å². The van der Waals surface area contributed by atoms with Gasteiger partial charge in [0.2, 0.25) is 0 Å². The molecule has 0 N–H and O–H groups in total. The Morgan fingerprint density at radius 2 is 1.93 bits per heavy atom. The molecule has 0 spiro atoms. The Bertz CT molecular complexity index is 967. The summed E-state index contributed by atoms with van der Waals surface area (Å²) in [6.45, 7) is 0.890. The van der Waals surface area contributed by atoms with Gasteiger partial charge in [-0.25, -0.2) is 9.78 Å². The standard InChI is InChI=1S/C21H17BrN2O2S/c22-17-10-8-16(9-11-17)19-13-23-20(27-19)18-7-4-12-24(18)21(25)26-14-15-5-2-1-3-6-15/h1-3,5-11,13H,4,12,14H2. The van der Waals surface area contributed by atoms with Gasteiger partial charge < -0.3 is 4.74 Å². The van der Waals surface area contributed by atoms with Gasteiger partial charge in [0.25, 0.3) is 0 Å². The molecule has 1 aromatic heterocycles. The fourth-order valence-electron chi connectivity index (χ4n) is 2.89. The summed E-state index contributed by atoms with van der Waals surface area (Å²) in [5.74, 6) is 0. The zero-order chi connectivity index (χ0) is 18.6. The minimum atomic E-state index is -0.331. The highest BCUT2D eigenvalue weighted by atomic mass is 79.9. The molecule has 0 radical (unpaired) electrons. The summed E-state index contributed by atoms with van der Waals surface area (Å²) in [5, 5.41) is 0.835. The van der Waals surface area contributed by atoms with Crippen molar-refractivity contribution in [3.8, 4) is 10.4 Å². The fraction of sp³-hybridized carbons (Fsp3) is 0.143. The molecule has 3 aromatic rings. The first-order chi connectivity index (χ1) is 13.2. The molecule has 2 aromatic carbocycles. The highest BCUT2D eigenvalue weighted by Crippen LogP contribution is 2.34. The lowest BCUT2D eigenvalue weighted by Crippen LogP contribution is -2.27. The average molecular weight is 441 g/mol.